The van der Waals surface area contributed by atoms with E-state index in [1.165, 1.54) is 12.1 Å². The first-order chi connectivity index (χ1) is 9.22. The van der Waals surface area contributed by atoms with E-state index in [9.17, 15) is 9.18 Å². The van der Waals surface area contributed by atoms with Gasteiger partial charge in [-0.3, -0.25) is 4.79 Å². The average Bonchev–Trinajstić information content (AvgIpc) is 2.89. The third kappa shape index (κ3) is 3.33. The first-order valence-corrected chi connectivity index (χ1v) is 6.35. The molecular formula is C12H12FN3O2S. The molecule has 1 N–H and O–H groups in total. The predicted octanol–water partition coefficient (Wildman–Crippen LogP) is 1.72. The summed E-state index contributed by atoms with van der Waals surface area (Å²) >= 11 is 1.01. The number of nitrogens with zero attached hydrogens (tertiary/aromatic N) is 2. The molecule has 2 rings (SSSR count). The lowest BCUT2D eigenvalue weighted by molar-refractivity contribution is 0.0941. The molecule has 0 unspecified atom stereocenters. The Kier molecular flexibility index (Phi) is 4.53. The molecule has 0 aliphatic heterocycles. The second-order valence-electron chi connectivity index (χ2n) is 3.71. The average molecular weight is 281 g/mol. The summed E-state index contributed by atoms with van der Waals surface area (Å²) in [6, 6.07) is 5.78. The number of benzene rings is 1. The number of carbonyl (C=O) groups excluding carboxylic acids is 1. The highest BCUT2D eigenvalue weighted by molar-refractivity contribution is 7.08. The topological polar surface area (TPSA) is 64.1 Å². The van der Waals surface area contributed by atoms with Gasteiger partial charge in [0.05, 0.1) is 6.61 Å². The SMILES string of the molecule is COCCNC(=O)c1snnc1-c1ccc(F)cc1. The fourth-order valence-electron chi connectivity index (χ4n) is 1.48. The Balaban J connectivity index is 2.17. The summed E-state index contributed by atoms with van der Waals surface area (Å²) in [7, 11) is 1.56. The van der Waals surface area contributed by atoms with Crippen LogP contribution in [-0.4, -0.2) is 35.8 Å². The van der Waals surface area contributed by atoms with E-state index < -0.39 is 0 Å². The zero-order valence-electron chi connectivity index (χ0n) is 10.2. The van der Waals surface area contributed by atoms with E-state index in [0.717, 1.165) is 11.5 Å². The molecule has 1 heterocycles. The zero-order valence-corrected chi connectivity index (χ0v) is 11.0. The number of hydrogen-bond acceptors (Lipinski definition) is 5. The van der Waals surface area contributed by atoms with Crippen molar-refractivity contribution in [3.05, 3.63) is 35.0 Å². The molecular weight excluding hydrogens is 269 g/mol. The van der Waals surface area contributed by atoms with Gasteiger partial charge in [0.1, 0.15) is 16.4 Å². The highest BCUT2D eigenvalue weighted by atomic mass is 32.1. The van der Waals surface area contributed by atoms with Crippen LogP contribution in [0.15, 0.2) is 24.3 Å². The maximum absolute atomic E-state index is 12.9. The Bertz CT molecular complexity index is 556. The van der Waals surface area contributed by atoms with Crippen LogP contribution in [0.5, 0.6) is 0 Å². The molecule has 1 amide bonds. The number of methoxy groups -OCH3 is 1. The van der Waals surface area contributed by atoms with Crippen LogP contribution >= 0.6 is 11.5 Å². The molecule has 0 radical (unpaired) electrons. The van der Waals surface area contributed by atoms with E-state index in [1.54, 1.807) is 19.2 Å². The van der Waals surface area contributed by atoms with E-state index in [4.69, 9.17) is 4.74 Å². The molecule has 1 aromatic heterocycles. The van der Waals surface area contributed by atoms with Crippen LogP contribution in [0, 0.1) is 5.82 Å². The number of halogens is 1. The quantitative estimate of drug-likeness (QED) is 0.848. The molecule has 7 heteroatoms. The van der Waals surface area contributed by atoms with Gasteiger partial charge in [-0.2, -0.15) is 0 Å². The van der Waals surface area contributed by atoms with E-state index in [2.05, 4.69) is 14.9 Å². The minimum atomic E-state index is -0.335. The van der Waals surface area contributed by atoms with Gasteiger partial charge in [0.2, 0.25) is 0 Å². The largest absolute Gasteiger partial charge is 0.383 e. The van der Waals surface area contributed by atoms with Gasteiger partial charge in [0.15, 0.2) is 0 Å². The molecule has 2 aromatic rings. The molecule has 19 heavy (non-hydrogen) atoms. The van der Waals surface area contributed by atoms with Crippen LogP contribution < -0.4 is 5.32 Å². The van der Waals surface area contributed by atoms with Crippen molar-refractivity contribution in [2.45, 2.75) is 0 Å². The number of ether oxygens (including phenoxy) is 1. The molecule has 0 bridgehead atoms. The Morgan fingerprint density at radius 2 is 2.16 bits per heavy atom. The fourth-order valence-corrected chi connectivity index (χ4v) is 2.09. The minimum Gasteiger partial charge on any atom is -0.383 e. The number of amides is 1. The number of nitrogens with one attached hydrogen (secondary N) is 1. The first kappa shape index (κ1) is 13.6. The van der Waals surface area contributed by atoms with Crippen LogP contribution in [0.2, 0.25) is 0 Å². The second kappa shape index (κ2) is 6.35. The maximum atomic E-state index is 12.9. The summed E-state index contributed by atoms with van der Waals surface area (Å²) in [4.78, 5) is 12.3. The smallest absolute Gasteiger partial charge is 0.265 e. The van der Waals surface area contributed by atoms with Crippen LogP contribution in [0.4, 0.5) is 4.39 Å². The summed E-state index contributed by atoms with van der Waals surface area (Å²) in [5.41, 5.74) is 1.12. The van der Waals surface area contributed by atoms with E-state index in [-0.39, 0.29) is 11.7 Å². The summed E-state index contributed by atoms with van der Waals surface area (Å²) < 4.78 is 21.5. The third-order valence-electron chi connectivity index (χ3n) is 2.40. The predicted molar refractivity (Wildman–Crippen MR) is 69.5 cm³/mol. The Morgan fingerprint density at radius 3 is 2.84 bits per heavy atom. The molecule has 0 aliphatic rings. The van der Waals surface area contributed by atoms with Crippen LogP contribution in [-0.2, 0) is 4.74 Å². The standard InChI is InChI=1S/C12H12FN3O2S/c1-18-7-6-14-12(17)11-10(15-16-19-11)8-2-4-9(13)5-3-8/h2-5H,6-7H2,1H3,(H,14,17). The van der Waals surface area contributed by atoms with E-state index in [0.29, 0.717) is 29.3 Å². The zero-order chi connectivity index (χ0) is 13.7. The molecule has 100 valence electrons. The van der Waals surface area contributed by atoms with Gasteiger partial charge in [0, 0.05) is 19.2 Å². The monoisotopic (exact) mass is 281 g/mol. The summed E-state index contributed by atoms with van der Waals surface area (Å²) in [6.45, 7) is 0.847. The third-order valence-corrected chi connectivity index (χ3v) is 3.13. The Morgan fingerprint density at radius 1 is 1.42 bits per heavy atom. The van der Waals surface area contributed by atoms with Gasteiger partial charge < -0.3 is 10.1 Å². The van der Waals surface area contributed by atoms with Crippen molar-refractivity contribution in [3.8, 4) is 11.3 Å². The molecule has 0 atom stereocenters. The first-order valence-electron chi connectivity index (χ1n) is 5.58. The minimum absolute atomic E-state index is 0.258. The summed E-state index contributed by atoms with van der Waals surface area (Å²) in [5, 5.41) is 6.62. The molecule has 1 aromatic carbocycles. The normalized spacial score (nSPS) is 10.4. The van der Waals surface area contributed by atoms with Crippen molar-refractivity contribution in [1.29, 1.82) is 0 Å². The van der Waals surface area contributed by atoms with E-state index in [1.807, 2.05) is 0 Å². The van der Waals surface area contributed by atoms with Crippen molar-refractivity contribution in [2.75, 3.05) is 20.3 Å². The molecule has 0 fully saturated rings. The number of carbonyl (C=O) groups is 1. The van der Waals surface area contributed by atoms with Crippen LogP contribution in [0.3, 0.4) is 0 Å². The van der Waals surface area contributed by atoms with Crippen LogP contribution in [0.25, 0.3) is 11.3 Å². The Hall–Kier alpha value is -1.86. The molecule has 0 spiro atoms. The molecule has 5 nitrogen and oxygen atoms in total. The highest BCUT2D eigenvalue weighted by Crippen LogP contribution is 2.23. The second-order valence-corrected chi connectivity index (χ2v) is 4.46. The number of rotatable bonds is 5. The van der Waals surface area contributed by atoms with Crippen molar-refractivity contribution in [1.82, 2.24) is 14.9 Å². The lowest BCUT2D eigenvalue weighted by Crippen LogP contribution is -2.26. The van der Waals surface area contributed by atoms with E-state index >= 15 is 0 Å². The maximum Gasteiger partial charge on any atom is 0.265 e. The van der Waals surface area contributed by atoms with Gasteiger partial charge in [0.25, 0.3) is 5.91 Å². The molecule has 0 saturated heterocycles. The Labute approximate surface area is 113 Å². The van der Waals surface area contributed by atoms with Gasteiger partial charge in [-0.25, -0.2) is 4.39 Å². The summed E-state index contributed by atoms with van der Waals surface area (Å²) in [6.07, 6.45) is 0. The van der Waals surface area contributed by atoms with Crippen molar-refractivity contribution < 1.29 is 13.9 Å². The number of aromatic nitrogens is 2. The lowest BCUT2D eigenvalue weighted by atomic mass is 10.1. The van der Waals surface area contributed by atoms with Crippen molar-refractivity contribution >= 4 is 17.4 Å². The molecule has 0 saturated carbocycles. The lowest BCUT2D eigenvalue weighted by Gasteiger charge is -2.03. The van der Waals surface area contributed by atoms with Gasteiger partial charge in [-0.1, -0.05) is 4.49 Å². The highest BCUT2D eigenvalue weighted by Gasteiger charge is 2.17. The van der Waals surface area contributed by atoms with Gasteiger partial charge in [-0.15, -0.1) is 5.10 Å². The van der Waals surface area contributed by atoms with Gasteiger partial charge >= 0.3 is 0 Å². The van der Waals surface area contributed by atoms with Crippen molar-refractivity contribution in [2.24, 2.45) is 0 Å². The van der Waals surface area contributed by atoms with Crippen LogP contribution in [0.1, 0.15) is 9.67 Å². The van der Waals surface area contributed by atoms with Crippen molar-refractivity contribution in [3.63, 3.8) is 0 Å². The van der Waals surface area contributed by atoms with Gasteiger partial charge in [-0.05, 0) is 35.8 Å². The number of hydrogen-bond donors (Lipinski definition) is 1. The molecule has 0 aliphatic carbocycles. The fraction of sp³-hybridized carbons (Fsp3) is 0.250. The summed E-state index contributed by atoms with van der Waals surface area (Å²) in [5.74, 6) is -0.593.